The lowest BCUT2D eigenvalue weighted by Crippen LogP contribution is -1.90. The first-order chi connectivity index (χ1) is 5.95. The van der Waals surface area contributed by atoms with Gasteiger partial charge in [0.2, 0.25) is 0 Å². The summed E-state index contributed by atoms with van der Waals surface area (Å²) in [5.41, 5.74) is 6.28. The van der Waals surface area contributed by atoms with Crippen LogP contribution in [0.3, 0.4) is 0 Å². The zero-order chi connectivity index (χ0) is 7.97. The molecule has 0 heteroatoms. The molecule has 58 valence electrons. The van der Waals surface area contributed by atoms with Gasteiger partial charge in [0.1, 0.15) is 0 Å². The van der Waals surface area contributed by atoms with Crippen LogP contribution in [0.2, 0.25) is 0 Å². The fourth-order valence-corrected chi connectivity index (χ4v) is 2.32. The molecule has 0 aromatic heterocycles. The second-order valence-electron chi connectivity index (χ2n) is 3.58. The smallest absolute Gasteiger partial charge is 0.0106 e. The van der Waals surface area contributed by atoms with Gasteiger partial charge < -0.3 is 0 Å². The first-order valence-corrected chi connectivity index (χ1v) is 4.47. The van der Waals surface area contributed by atoms with Crippen molar-refractivity contribution in [2.45, 2.75) is 18.3 Å². The highest BCUT2D eigenvalue weighted by Crippen LogP contribution is 2.44. The van der Waals surface area contributed by atoms with Crippen LogP contribution in [0.5, 0.6) is 0 Å². The molecule has 1 aromatic rings. The SMILES string of the molecule is C1=CC2CC(C=1)c1ccccc12. The molecule has 0 saturated heterocycles. The first-order valence-electron chi connectivity index (χ1n) is 4.47. The Hall–Kier alpha value is -1.26. The van der Waals surface area contributed by atoms with Gasteiger partial charge >= 0.3 is 0 Å². The molecule has 0 nitrogen and oxygen atoms in total. The summed E-state index contributed by atoms with van der Waals surface area (Å²) in [5.74, 6) is 1.30. The number of hydrogen-bond acceptors (Lipinski definition) is 0. The van der Waals surface area contributed by atoms with Crippen LogP contribution in [0.15, 0.2) is 42.1 Å². The zero-order valence-corrected chi connectivity index (χ0v) is 6.83. The van der Waals surface area contributed by atoms with Gasteiger partial charge in [-0.25, -0.2) is 0 Å². The molecule has 0 saturated carbocycles. The molecule has 2 unspecified atom stereocenters. The number of allylic oxidation sites excluding steroid dienone is 1. The lowest BCUT2D eigenvalue weighted by atomic mass is 9.98. The van der Waals surface area contributed by atoms with Crippen LogP contribution in [-0.4, -0.2) is 0 Å². The van der Waals surface area contributed by atoms with Crippen LogP contribution in [0.25, 0.3) is 0 Å². The topological polar surface area (TPSA) is 0 Å². The summed E-state index contributed by atoms with van der Waals surface area (Å²) in [6.45, 7) is 0. The third-order valence-electron chi connectivity index (χ3n) is 2.90. The van der Waals surface area contributed by atoms with Crippen molar-refractivity contribution in [2.24, 2.45) is 0 Å². The maximum absolute atomic E-state index is 3.24. The monoisotopic (exact) mass is 154 g/mol. The zero-order valence-electron chi connectivity index (χ0n) is 6.83. The average Bonchev–Trinajstić information content (AvgIpc) is 2.41. The van der Waals surface area contributed by atoms with E-state index in [1.54, 1.807) is 0 Å². The Morgan fingerprint density at radius 1 is 1.00 bits per heavy atom. The second-order valence-corrected chi connectivity index (χ2v) is 3.58. The number of rotatable bonds is 0. The Kier molecular flexibility index (Phi) is 1.11. The lowest BCUT2D eigenvalue weighted by Gasteiger charge is -2.05. The Labute approximate surface area is 72.2 Å². The Morgan fingerprint density at radius 3 is 2.17 bits per heavy atom. The van der Waals surface area contributed by atoms with Crippen LogP contribution in [0.4, 0.5) is 0 Å². The Bertz CT molecular complexity index is 348. The minimum absolute atomic E-state index is 0.649. The van der Waals surface area contributed by atoms with E-state index in [2.05, 4.69) is 42.1 Å². The lowest BCUT2D eigenvalue weighted by molar-refractivity contribution is 0.736. The van der Waals surface area contributed by atoms with E-state index in [0.717, 1.165) is 0 Å². The summed E-state index contributed by atoms with van der Waals surface area (Å²) in [6, 6.07) is 8.76. The van der Waals surface area contributed by atoms with E-state index < -0.39 is 0 Å². The predicted molar refractivity (Wildman–Crippen MR) is 49.2 cm³/mol. The van der Waals surface area contributed by atoms with Crippen LogP contribution < -0.4 is 0 Å². The summed E-state index contributed by atoms with van der Waals surface area (Å²) < 4.78 is 0. The van der Waals surface area contributed by atoms with Gasteiger partial charge in [-0.05, 0) is 29.7 Å². The fourth-order valence-electron chi connectivity index (χ4n) is 2.32. The quantitative estimate of drug-likeness (QED) is 0.504. The normalized spacial score (nSPS) is 29.0. The van der Waals surface area contributed by atoms with Gasteiger partial charge in [-0.3, -0.25) is 0 Å². The minimum atomic E-state index is 0.649. The molecular formula is C12H10. The van der Waals surface area contributed by atoms with Gasteiger partial charge in [-0.2, -0.15) is 0 Å². The molecule has 2 aliphatic rings. The largest absolute Gasteiger partial charge is 0.128 e. The van der Waals surface area contributed by atoms with Crippen LogP contribution in [-0.2, 0) is 0 Å². The Morgan fingerprint density at radius 2 is 1.58 bits per heavy atom. The molecule has 2 aliphatic carbocycles. The van der Waals surface area contributed by atoms with Gasteiger partial charge in [0, 0.05) is 11.8 Å². The molecule has 0 N–H and O–H groups in total. The summed E-state index contributed by atoms with van der Waals surface area (Å²) >= 11 is 0. The van der Waals surface area contributed by atoms with E-state index in [-0.39, 0.29) is 0 Å². The van der Waals surface area contributed by atoms with Crippen molar-refractivity contribution in [3.8, 4) is 0 Å². The highest BCUT2D eigenvalue weighted by molar-refractivity contribution is 5.44. The van der Waals surface area contributed by atoms with Crippen molar-refractivity contribution >= 4 is 0 Å². The summed E-state index contributed by atoms with van der Waals surface area (Å²) in [4.78, 5) is 0. The standard InChI is InChI=1S/C12H10/c1-2-7-12-10-5-3-4-9(8-10)11(12)6-1/h1-2,4-7,9-10H,8H2. The third-order valence-corrected chi connectivity index (χ3v) is 2.90. The highest BCUT2D eigenvalue weighted by atomic mass is 14.3. The van der Waals surface area contributed by atoms with Gasteiger partial charge in [0.15, 0.2) is 0 Å². The van der Waals surface area contributed by atoms with E-state index in [9.17, 15) is 0 Å². The van der Waals surface area contributed by atoms with E-state index in [1.165, 1.54) is 17.5 Å². The molecule has 12 heavy (non-hydrogen) atoms. The maximum Gasteiger partial charge on any atom is 0.0106 e. The maximum atomic E-state index is 3.24. The van der Waals surface area contributed by atoms with Crippen molar-refractivity contribution in [3.63, 3.8) is 0 Å². The predicted octanol–water partition coefficient (Wildman–Crippen LogP) is 2.98. The number of benzene rings is 1. The van der Waals surface area contributed by atoms with Crippen LogP contribution in [0, 0.1) is 0 Å². The summed E-state index contributed by atoms with van der Waals surface area (Å²) in [6.07, 6.45) is 5.66. The van der Waals surface area contributed by atoms with E-state index in [0.29, 0.717) is 11.8 Å². The molecule has 0 amide bonds. The fraction of sp³-hybridized carbons (Fsp3) is 0.250. The minimum Gasteiger partial charge on any atom is -0.128 e. The molecule has 1 aromatic carbocycles. The van der Waals surface area contributed by atoms with Gasteiger partial charge in [0.05, 0.1) is 0 Å². The third kappa shape index (κ3) is 0.680. The van der Waals surface area contributed by atoms with Crippen molar-refractivity contribution in [1.82, 2.24) is 0 Å². The molecule has 0 heterocycles. The summed E-state index contributed by atoms with van der Waals surface area (Å²) in [7, 11) is 0. The van der Waals surface area contributed by atoms with Gasteiger partial charge in [-0.15, -0.1) is 5.73 Å². The molecular weight excluding hydrogens is 144 g/mol. The van der Waals surface area contributed by atoms with E-state index in [4.69, 9.17) is 0 Å². The van der Waals surface area contributed by atoms with Crippen molar-refractivity contribution < 1.29 is 0 Å². The van der Waals surface area contributed by atoms with E-state index in [1.807, 2.05) is 0 Å². The molecule has 0 radical (unpaired) electrons. The Balaban J connectivity index is 2.28. The molecule has 2 atom stereocenters. The molecule has 0 aliphatic heterocycles. The first kappa shape index (κ1) is 6.28. The molecule has 3 rings (SSSR count). The average molecular weight is 154 g/mol. The van der Waals surface area contributed by atoms with Crippen molar-refractivity contribution in [2.75, 3.05) is 0 Å². The molecule has 0 fully saturated rings. The van der Waals surface area contributed by atoms with Gasteiger partial charge in [0.25, 0.3) is 0 Å². The van der Waals surface area contributed by atoms with Crippen LogP contribution >= 0.6 is 0 Å². The van der Waals surface area contributed by atoms with E-state index >= 15 is 0 Å². The van der Waals surface area contributed by atoms with Crippen molar-refractivity contribution in [1.29, 1.82) is 0 Å². The van der Waals surface area contributed by atoms with Crippen molar-refractivity contribution in [3.05, 3.63) is 53.3 Å². The highest BCUT2D eigenvalue weighted by Gasteiger charge is 2.28. The van der Waals surface area contributed by atoms with Gasteiger partial charge in [-0.1, -0.05) is 24.3 Å². The number of fused-ring (bicyclic) bond motifs is 5. The number of hydrogen-bond donors (Lipinski definition) is 0. The van der Waals surface area contributed by atoms with Crippen LogP contribution in [0.1, 0.15) is 29.4 Å². The summed E-state index contributed by atoms with van der Waals surface area (Å²) in [5, 5.41) is 0. The molecule has 2 bridgehead atoms. The second kappa shape index (κ2) is 2.12. The molecule has 0 spiro atoms.